The normalized spacial score (nSPS) is 15.8. The van der Waals surface area contributed by atoms with Gasteiger partial charge in [-0.1, -0.05) is 42.5 Å². The van der Waals surface area contributed by atoms with Gasteiger partial charge >= 0.3 is 6.03 Å². The van der Waals surface area contributed by atoms with Crippen molar-refractivity contribution in [2.24, 2.45) is 0 Å². The molecule has 0 bridgehead atoms. The standard InChI is InChI=1S/C31H31N3O6/c35-30(33(18-24-8-4-14-37-24)17-22-12-13-28-29(16-22)40-21-39-28)20-34(19-25-9-5-15-38-25)31(36)32-27-11-3-7-23-6-1-2-10-26(23)27/h1-4,6-8,10-14,16,25H,5,9,15,17-21H2,(H,32,36). The number of rotatable bonds is 9. The predicted molar refractivity (Wildman–Crippen MR) is 149 cm³/mol. The zero-order valence-electron chi connectivity index (χ0n) is 22.1. The van der Waals surface area contributed by atoms with Crippen molar-refractivity contribution in [1.29, 1.82) is 0 Å². The van der Waals surface area contributed by atoms with E-state index in [4.69, 9.17) is 18.6 Å². The molecule has 6 rings (SSSR count). The van der Waals surface area contributed by atoms with Gasteiger partial charge in [-0.25, -0.2) is 4.79 Å². The van der Waals surface area contributed by atoms with Crippen LogP contribution in [0.25, 0.3) is 10.8 Å². The Kier molecular flexibility index (Phi) is 7.54. The summed E-state index contributed by atoms with van der Waals surface area (Å²) in [5, 5.41) is 5.00. The van der Waals surface area contributed by atoms with Gasteiger partial charge in [-0.2, -0.15) is 0 Å². The average molecular weight is 542 g/mol. The molecule has 3 heterocycles. The second-order valence-electron chi connectivity index (χ2n) is 9.99. The number of hydrogen-bond acceptors (Lipinski definition) is 6. The van der Waals surface area contributed by atoms with Crippen molar-refractivity contribution in [1.82, 2.24) is 9.80 Å². The van der Waals surface area contributed by atoms with Gasteiger partial charge in [0, 0.05) is 25.1 Å². The Bertz CT molecular complexity index is 1480. The highest BCUT2D eigenvalue weighted by Gasteiger charge is 2.27. The number of carbonyl (C=O) groups excluding carboxylic acids is 2. The number of fused-ring (bicyclic) bond motifs is 2. The van der Waals surface area contributed by atoms with Crippen LogP contribution in [0.3, 0.4) is 0 Å². The SMILES string of the molecule is O=C(CN(CC1CCCO1)C(=O)Nc1cccc2ccccc12)N(Cc1ccc2c(c1)OCO2)Cc1ccco1. The Labute approximate surface area is 232 Å². The van der Waals surface area contributed by atoms with Crippen LogP contribution in [0, 0.1) is 0 Å². The van der Waals surface area contributed by atoms with Gasteiger partial charge < -0.3 is 33.7 Å². The van der Waals surface area contributed by atoms with Crippen LogP contribution in [-0.4, -0.2) is 54.3 Å². The Balaban J connectivity index is 1.22. The van der Waals surface area contributed by atoms with Gasteiger partial charge in [0.25, 0.3) is 0 Å². The maximum atomic E-state index is 13.8. The minimum atomic E-state index is -0.346. The molecule has 40 heavy (non-hydrogen) atoms. The van der Waals surface area contributed by atoms with Gasteiger partial charge in [-0.05, 0) is 54.1 Å². The minimum absolute atomic E-state index is 0.109. The van der Waals surface area contributed by atoms with Crippen molar-refractivity contribution in [3.05, 3.63) is 90.4 Å². The number of anilines is 1. The number of nitrogens with zero attached hydrogens (tertiary/aromatic N) is 2. The first kappa shape index (κ1) is 25.8. The smallest absolute Gasteiger partial charge is 0.322 e. The summed E-state index contributed by atoms with van der Waals surface area (Å²) in [5.41, 5.74) is 1.58. The summed E-state index contributed by atoms with van der Waals surface area (Å²) >= 11 is 0. The number of amides is 3. The van der Waals surface area contributed by atoms with E-state index < -0.39 is 0 Å². The van der Waals surface area contributed by atoms with E-state index in [-0.39, 0.29) is 37.9 Å². The highest BCUT2D eigenvalue weighted by atomic mass is 16.7. The molecule has 3 amide bonds. The molecule has 4 aromatic rings. The van der Waals surface area contributed by atoms with Gasteiger partial charge in [0.05, 0.1) is 24.6 Å². The molecule has 1 unspecified atom stereocenters. The number of nitrogens with one attached hydrogen (secondary N) is 1. The number of benzene rings is 3. The van der Waals surface area contributed by atoms with Crippen LogP contribution in [0.4, 0.5) is 10.5 Å². The summed E-state index contributed by atoms with van der Waals surface area (Å²) in [6.07, 6.45) is 3.25. The minimum Gasteiger partial charge on any atom is -0.467 e. The van der Waals surface area contributed by atoms with Crippen molar-refractivity contribution >= 4 is 28.4 Å². The van der Waals surface area contributed by atoms with E-state index in [2.05, 4.69) is 5.32 Å². The Hall–Kier alpha value is -4.50. The van der Waals surface area contributed by atoms with Crippen molar-refractivity contribution in [3.8, 4) is 11.5 Å². The van der Waals surface area contributed by atoms with E-state index in [9.17, 15) is 9.59 Å². The van der Waals surface area contributed by atoms with Crippen LogP contribution >= 0.6 is 0 Å². The van der Waals surface area contributed by atoms with Crippen LogP contribution in [-0.2, 0) is 22.6 Å². The van der Waals surface area contributed by atoms with Crippen LogP contribution in [0.1, 0.15) is 24.2 Å². The summed E-state index contributed by atoms with van der Waals surface area (Å²) in [6, 6.07) is 22.6. The molecule has 0 aliphatic carbocycles. The molecule has 1 fully saturated rings. The van der Waals surface area contributed by atoms with Gasteiger partial charge in [0.2, 0.25) is 12.7 Å². The molecular weight excluding hydrogens is 510 g/mol. The first-order chi connectivity index (χ1) is 19.6. The molecule has 0 spiro atoms. The zero-order chi connectivity index (χ0) is 27.3. The fraction of sp³-hybridized carbons (Fsp3) is 0.290. The monoisotopic (exact) mass is 541 g/mol. The lowest BCUT2D eigenvalue weighted by Crippen LogP contribution is -2.46. The molecule has 1 atom stereocenters. The molecule has 9 heteroatoms. The molecular formula is C31H31N3O6. The predicted octanol–water partition coefficient (Wildman–Crippen LogP) is 5.40. The molecule has 1 saturated heterocycles. The quantitative estimate of drug-likeness (QED) is 0.305. The number of furan rings is 1. The molecule has 1 aromatic heterocycles. The van der Waals surface area contributed by atoms with Gasteiger partial charge in [0.15, 0.2) is 11.5 Å². The van der Waals surface area contributed by atoms with Gasteiger partial charge in [-0.15, -0.1) is 0 Å². The van der Waals surface area contributed by atoms with Crippen LogP contribution < -0.4 is 14.8 Å². The molecule has 1 N–H and O–H groups in total. The highest BCUT2D eigenvalue weighted by molar-refractivity contribution is 6.02. The van der Waals surface area contributed by atoms with Crippen LogP contribution in [0.15, 0.2) is 83.5 Å². The molecule has 206 valence electrons. The fourth-order valence-electron chi connectivity index (χ4n) is 5.13. The lowest BCUT2D eigenvalue weighted by atomic mass is 10.1. The van der Waals surface area contributed by atoms with E-state index in [0.717, 1.165) is 29.2 Å². The molecule has 0 saturated carbocycles. The number of urea groups is 1. The van der Waals surface area contributed by atoms with E-state index >= 15 is 0 Å². The van der Waals surface area contributed by atoms with Crippen LogP contribution in [0.2, 0.25) is 0 Å². The maximum absolute atomic E-state index is 13.8. The molecule has 0 radical (unpaired) electrons. The number of ether oxygens (including phenoxy) is 3. The van der Waals surface area contributed by atoms with E-state index in [0.29, 0.717) is 42.6 Å². The second kappa shape index (κ2) is 11.7. The van der Waals surface area contributed by atoms with Crippen molar-refractivity contribution < 1.29 is 28.2 Å². The average Bonchev–Trinajstić information content (AvgIpc) is 3.76. The first-order valence-electron chi connectivity index (χ1n) is 13.5. The molecule has 2 aliphatic heterocycles. The highest BCUT2D eigenvalue weighted by Crippen LogP contribution is 2.33. The molecule has 2 aliphatic rings. The van der Waals surface area contributed by atoms with Crippen molar-refractivity contribution in [3.63, 3.8) is 0 Å². The van der Waals surface area contributed by atoms with Gasteiger partial charge in [-0.3, -0.25) is 4.79 Å². The lowest BCUT2D eigenvalue weighted by Gasteiger charge is -2.29. The largest absolute Gasteiger partial charge is 0.467 e. The van der Waals surface area contributed by atoms with Crippen molar-refractivity contribution in [2.45, 2.75) is 32.0 Å². The molecule has 9 nitrogen and oxygen atoms in total. The summed E-state index contributed by atoms with van der Waals surface area (Å²) in [7, 11) is 0. The van der Waals surface area contributed by atoms with Gasteiger partial charge in [0.1, 0.15) is 12.3 Å². The maximum Gasteiger partial charge on any atom is 0.322 e. The second-order valence-corrected chi connectivity index (χ2v) is 9.99. The zero-order valence-corrected chi connectivity index (χ0v) is 22.1. The number of carbonyl (C=O) groups is 2. The van der Waals surface area contributed by atoms with Crippen LogP contribution in [0.5, 0.6) is 11.5 Å². The summed E-state index contributed by atoms with van der Waals surface area (Å²) < 4.78 is 22.3. The fourth-order valence-corrected chi connectivity index (χ4v) is 5.13. The Morgan fingerprint density at radius 3 is 2.62 bits per heavy atom. The Morgan fingerprint density at radius 1 is 0.900 bits per heavy atom. The van der Waals surface area contributed by atoms with E-state index in [1.165, 1.54) is 0 Å². The molecule has 3 aromatic carbocycles. The topological polar surface area (TPSA) is 93.5 Å². The lowest BCUT2D eigenvalue weighted by molar-refractivity contribution is -0.133. The third-order valence-corrected chi connectivity index (χ3v) is 7.18. The Morgan fingerprint density at radius 2 is 1.77 bits per heavy atom. The third-order valence-electron chi connectivity index (χ3n) is 7.18. The summed E-state index contributed by atoms with van der Waals surface area (Å²) in [6.45, 7) is 1.63. The van der Waals surface area contributed by atoms with E-state index in [1.54, 1.807) is 22.1 Å². The third kappa shape index (κ3) is 5.89. The summed E-state index contributed by atoms with van der Waals surface area (Å²) in [4.78, 5) is 30.7. The van der Waals surface area contributed by atoms with E-state index in [1.807, 2.05) is 66.7 Å². The number of hydrogen-bond donors (Lipinski definition) is 1. The van der Waals surface area contributed by atoms with Crippen molar-refractivity contribution in [2.75, 3.05) is 31.8 Å². The first-order valence-corrected chi connectivity index (χ1v) is 13.5. The summed E-state index contributed by atoms with van der Waals surface area (Å²) in [5.74, 6) is 1.78.